The summed E-state index contributed by atoms with van der Waals surface area (Å²) in [6.07, 6.45) is 7.70. The van der Waals surface area contributed by atoms with Crippen LogP contribution >= 0.6 is 0 Å². The summed E-state index contributed by atoms with van der Waals surface area (Å²) in [6, 6.07) is 7.51. The second kappa shape index (κ2) is 13.3. The molecule has 1 amide bonds. The number of fused-ring (bicyclic) bond motifs is 1. The third-order valence-electron chi connectivity index (χ3n) is 9.14. The van der Waals surface area contributed by atoms with Crippen LogP contribution in [0.15, 0.2) is 30.9 Å². The van der Waals surface area contributed by atoms with Gasteiger partial charge in [-0.05, 0) is 64.4 Å². The summed E-state index contributed by atoms with van der Waals surface area (Å²) < 4.78 is 21.6. The maximum absolute atomic E-state index is 15.1. The van der Waals surface area contributed by atoms with E-state index in [4.69, 9.17) is 14.7 Å². The van der Waals surface area contributed by atoms with Gasteiger partial charge >= 0.3 is 6.01 Å². The van der Waals surface area contributed by atoms with E-state index in [1.54, 1.807) is 11.0 Å². The van der Waals surface area contributed by atoms with Gasteiger partial charge in [0.1, 0.15) is 11.6 Å². The molecule has 0 spiro atoms. The molecule has 0 radical (unpaired) electrons. The van der Waals surface area contributed by atoms with Gasteiger partial charge in [0, 0.05) is 43.7 Å². The molecule has 43 heavy (non-hydrogen) atoms. The molecule has 1 aromatic carbocycles. The Hall–Kier alpha value is -3.71. The van der Waals surface area contributed by atoms with Gasteiger partial charge in [-0.2, -0.15) is 15.2 Å². The van der Waals surface area contributed by atoms with Crippen LogP contribution in [0.25, 0.3) is 0 Å². The van der Waals surface area contributed by atoms with Crippen LogP contribution < -0.4 is 14.5 Å². The van der Waals surface area contributed by atoms with Crippen molar-refractivity contribution in [1.82, 2.24) is 19.8 Å². The van der Waals surface area contributed by atoms with Crippen molar-refractivity contribution in [2.24, 2.45) is 5.41 Å². The van der Waals surface area contributed by atoms with Crippen LogP contribution in [-0.4, -0.2) is 85.1 Å². The smallest absolute Gasteiger partial charge is 0.318 e. The first-order valence-corrected chi connectivity index (χ1v) is 15.5. The van der Waals surface area contributed by atoms with E-state index in [1.807, 2.05) is 13.0 Å². The average molecular weight is 590 g/mol. The van der Waals surface area contributed by atoms with Crippen molar-refractivity contribution in [2.75, 3.05) is 63.2 Å². The van der Waals surface area contributed by atoms with Crippen molar-refractivity contribution < 1.29 is 13.9 Å². The first-order chi connectivity index (χ1) is 20.7. The fourth-order valence-corrected chi connectivity index (χ4v) is 7.23. The van der Waals surface area contributed by atoms with Crippen LogP contribution in [0.5, 0.6) is 6.01 Å². The molecular weight excluding hydrogens is 545 g/mol. The van der Waals surface area contributed by atoms with Gasteiger partial charge < -0.3 is 24.3 Å². The number of rotatable bonds is 9. The predicted octanol–water partition coefficient (Wildman–Crippen LogP) is 4.49. The monoisotopic (exact) mass is 589 g/mol. The zero-order valence-electron chi connectivity index (χ0n) is 25.8. The predicted molar refractivity (Wildman–Crippen MR) is 166 cm³/mol. The Labute approximate surface area is 254 Å². The fourth-order valence-electron chi connectivity index (χ4n) is 7.23. The van der Waals surface area contributed by atoms with Gasteiger partial charge in [0.2, 0.25) is 5.91 Å². The minimum Gasteiger partial charge on any atom is -0.463 e. The number of nitriles is 1. The molecule has 0 unspecified atom stereocenters. The van der Waals surface area contributed by atoms with E-state index in [9.17, 15) is 10.1 Å². The number of benzene rings is 1. The van der Waals surface area contributed by atoms with Crippen LogP contribution in [-0.2, 0) is 17.8 Å². The number of anilines is 2. The summed E-state index contributed by atoms with van der Waals surface area (Å²) in [6.45, 7) is 9.74. The SMILES string of the molecule is C=CC(=O)N1CCN(c2nc(OCC3(CN(C)C)CCCC3)nc3c2CCCN(c2c(C)cccc2F)C3)C[C@@H]1CC#N. The Morgan fingerprint density at radius 3 is 2.70 bits per heavy atom. The maximum atomic E-state index is 15.1. The number of hydrogen-bond donors (Lipinski definition) is 0. The Kier molecular flexibility index (Phi) is 9.50. The standard InChI is InChI=1S/C33H44FN7O2/c1-5-29(42)41-19-18-40(20-25(41)13-16-35)31-26-11-9-17-39(30-24(2)10-8-12-27(30)34)21-28(26)36-32(37-31)43-23-33(22-38(3)4)14-6-7-15-33/h5,8,10,12,25H,1,6-7,9,11,13-15,17-23H2,2-4H3/t25-/m0/s1. The van der Waals surface area contributed by atoms with Gasteiger partial charge in [0.25, 0.3) is 0 Å². The minimum atomic E-state index is -0.274. The molecule has 9 nitrogen and oxygen atoms in total. The van der Waals surface area contributed by atoms with E-state index in [2.05, 4.69) is 41.4 Å². The van der Waals surface area contributed by atoms with Crippen molar-refractivity contribution in [3.8, 4) is 12.1 Å². The molecule has 0 bridgehead atoms. The number of carbonyl (C=O) groups is 1. The molecule has 3 heterocycles. The van der Waals surface area contributed by atoms with E-state index >= 15 is 4.39 Å². The van der Waals surface area contributed by atoms with Crippen LogP contribution in [0.4, 0.5) is 15.9 Å². The maximum Gasteiger partial charge on any atom is 0.318 e. The van der Waals surface area contributed by atoms with Crippen LogP contribution in [0.2, 0.25) is 0 Å². The van der Waals surface area contributed by atoms with Crippen molar-refractivity contribution in [3.63, 3.8) is 0 Å². The summed E-state index contributed by atoms with van der Waals surface area (Å²) in [5.41, 5.74) is 3.44. The zero-order valence-corrected chi connectivity index (χ0v) is 25.8. The number of halogens is 1. The molecule has 2 aliphatic heterocycles. The molecule has 2 fully saturated rings. The molecule has 1 saturated heterocycles. The molecule has 230 valence electrons. The van der Waals surface area contributed by atoms with Gasteiger partial charge in [-0.25, -0.2) is 4.39 Å². The zero-order chi connectivity index (χ0) is 30.6. The van der Waals surface area contributed by atoms with Crippen molar-refractivity contribution in [1.29, 1.82) is 5.26 Å². The number of nitrogens with zero attached hydrogens (tertiary/aromatic N) is 7. The van der Waals surface area contributed by atoms with Gasteiger partial charge in [-0.15, -0.1) is 0 Å². The number of para-hydroxylation sites is 1. The van der Waals surface area contributed by atoms with Gasteiger partial charge in [-0.3, -0.25) is 4.79 Å². The van der Waals surface area contributed by atoms with Gasteiger partial charge in [-0.1, -0.05) is 31.6 Å². The highest BCUT2D eigenvalue weighted by Crippen LogP contribution is 2.39. The number of carbonyl (C=O) groups excluding carboxylic acids is 1. The second-order valence-corrected chi connectivity index (χ2v) is 12.6. The number of amides is 1. The topological polar surface area (TPSA) is 88.8 Å². The highest BCUT2D eigenvalue weighted by atomic mass is 19.1. The Morgan fingerprint density at radius 2 is 2.00 bits per heavy atom. The molecule has 2 aromatic rings. The summed E-state index contributed by atoms with van der Waals surface area (Å²) in [5, 5.41) is 9.55. The quantitative estimate of drug-likeness (QED) is 0.396. The lowest BCUT2D eigenvalue weighted by molar-refractivity contribution is -0.128. The number of ether oxygens (including phenoxy) is 1. The Bertz CT molecular complexity index is 1350. The average Bonchev–Trinajstić information content (AvgIpc) is 3.33. The Morgan fingerprint density at radius 1 is 1.21 bits per heavy atom. The lowest BCUT2D eigenvalue weighted by Gasteiger charge is -2.41. The number of hydrogen-bond acceptors (Lipinski definition) is 8. The van der Waals surface area contributed by atoms with E-state index in [0.717, 1.165) is 54.9 Å². The molecule has 0 N–H and O–H groups in total. The van der Waals surface area contributed by atoms with Gasteiger partial charge in [0.05, 0.1) is 43.1 Å². The summed E-state index contributed by atoms with van der Waals surface area (Å²) in [4.78, 5) is 30.8. The molecule has 1 atom stereocenters. The van der Waals surface area contributed by atoms with Crippen LogP contribution in [0.3, 0.4) is 0 Å². The van der Waals surface area contributed by atoms with E-state index in [1.165, 1.54) is 25.0 Å². The molecule has 3 aliphatic rings. The lowest BCUT2D eigenvalue weighted by atomic mass is 9.87. The van der Waals surface area contributed by atoms with Crippen LogP contribution in [0.1, 0.15) is 55.3 Å². The molecule has 1 aromatic heterocycles. The van der Waals surface area contributed by atoms with Crippen molar-refractivity contribution in [3.05, 3.63) is 53.5 Å². The molecule has 5 rings (SSSR count). The number of piperazine rings is 1. The first-order valence-electron chi connectivity index (χ1n) is 15.5. The number of aromatic nitrogens is 2. The fraction of sp³-hybridized carbons (Fsp3) is 0.576. The van der Waals surface area contributed by atoms with E-state index in [0.29, 0.717) is 51.0 Å². The number of aryl methyl sites for hydroxylation is 1. The summed E-state index contributed by atoms with van der Waals surface area (Å²) in [5.74, 6) is 0.404. The lowest BCUT2D eigenvalue weighted by Crippen LogP contribution is -2.55. The third kappa shape index (κ3) is 6.77. The highest BCUT2D eigenvalue weighted by Gasteiger charge is 2.37. The third-order valence-corrected chi connectivity index (χ3v) is 9.14. The molecule has 1 aliphatic carbocycles. The van der Waals surface area contributed by atoms with E-state index < -0.39 is 0 Å². The molecular formula is C33H44FN7O2. The normalized spacial score (nSPS) is 20.0. The first kappa shape index (κ1) is 30.7. The summed E-state index contributed by atoms with van der Waals surface area (Å²) in [7, 11) is 4.20. The summed E-state index contributed by atoms with van der Waals surface area (Å²) >= 11 is 0. The Balaban J connectivity index is 1.51. The van der Waals surface area contributed by atoms with Crippen molar-refractivity contribution in [2.45, 2.75) is 64.5 Å². The van der Waals surface area contributed by atoms with Crippen LogP contribution in [0, 0.1) is 29.5 Å². The second-order valence-electron chi connectivity index (χ2n) is 12.6. The van der Waals surface area contributed by atoms with E-state index in [-0.39, 0.29) is 29.6 Å². The molecule has 10 heteroatoms. The molecule has 1 saturated carbocycles. The van der Waals surface area contributed by atoms with Crippen molar-refractivity contribution >= 4 is 17.4 Å². The highest BCUT2D eigenvalue weighted by molar-refractivity contribution is 5.87. The van der Waals surface area contributed by atoms with Gasteiger partial charge in [0.15, 0.2) is 0 Å². The minimum absolute atomic E-state index is 0.0602. The largest absolute Gasteiger partial charge is 0.463 e.